The highest BCUT2D eigenvalue weighted by Crippen LogP contribution is 2.26. The molecule has 0 unspecified atom stereocenters. The molecule has 0 amide bonds. The monoisotopic (exact) mass is 216 g/mol. The van der Waals surface area contributed by atoms with E-state index in [1.54, 1.807) is 0 Å². The highest BCUT2D eigenvalue weighted by Gasteiger charge is 2.12. The van der Waals surface area contributed by atoms with Crippen molar-refractivity contribution in [1.29, 1.82) is 0 Å². The number of rotatable bonds is 3. The van der Waals surface area contributed by atoms with Crippen LogP contribution in [0.15, 0.2) is 41.5 Å². The minimum absolute atomic E-state index is 0.391. The van der Waals surface area contributed by atoms with Gasteiger partial charge in [-0.05, 0) is 37.7 Å². The molecule has 0 aliphatic carbocycles. The Morgan fingerprint density at radius 3 is 2.00 bits per heavy atom. The number of allylic oxidation sites excluding steroid dienone is 2. The Labute approximate surface area is 100 Å². The molecule has 1 aromatic carbocycles. The van der Waals surface area contributed by atoms with Crippen molar-refractivity contribution in [3.05, 3.63) is 47.0 Å². The molecule has 0 aliphatic heterocycles. The summed E-state index contributed by atoms with van der Waals surface area (Å²) in [4.78, 5) is 0. The average Bonchev–Trinajstić information content (AvgIpc) is 2.16. The summed E-state index contributed by atoms with van der Waals surface area (Å²) in [6.07, 6.45) is 2.27. The molecule has 1 rings (SSSR count). The Hall–Kier alpha value is -1.04. The molecule has 0 N–H and O–H groups in total. The summed E-state index contributed by atoms with van der Waals surface area (Å²) in [5.41, 5.74) is 4.85. The standard InChI is InChI=1S/C16H24/c1-13(14(2)12-16(3,4)5)11-15-9-7-6-8-10-15/h6-10H,11-12H2,1-5H3/b14-13+. The van der Waals surface area contributed by atoms with Gasteiger partial charge < -0.3 is 0 Å². The quantitative estimate of drug-likeness (QED) is 0.624. The van der Waals surface area contributed by atoms with E-state index >= 15 is 0 Å². The first-order valence-corrected chi connectivity index (χ1v) is 6.07. The Morgan fingerprint density at radius 2 is 1.50 bits per heavy atom. The van der Waals surface area contributed by atoms with Crippen LogP contribution in [0.3, 0.4) is 0 Å². The molecule has 0 saturated heterocycles. The third-order valence-corrected chi connectivity index (χ3v) is 2.84. The summed E-state index contributed by atoms with van der Waals surface area (Å²) in [6.45, 7) is 11.4. The van der Waals surface area contributed by atoms with E-state index < -0.39 is 0 Å². The van der Waals surface area contributed by atoms with Gasteiger partial charge in [0.05, 0.1) is 0 Å². The Balaban J connectivity index is 2.70. The maximum Gasteiger partial charge on any atom is -0.00673 e. The fourth-order valence-corrected chi connectivity index (χ4v) is 2.00. The molecule has 0 nitrogen and oxygen atoms in total. The maximum atomic E-state index is 2.30. The van der Waals surface area contributed by atoms with E-state index in [2.05, 4.69) is 65.0 Å². The first kappa shape index (κ1) is 13.0. The van der Waals surface area contributed by atoms with Gasteiger partial charge in [0.1, 0.15) is 0 Å². The topological polar surface area (TPSA) is 0 Å². The Morgan fingerprint density at radius 1 is 0.938 bits per heavy atom. The summed E-state index contributed by atoms with van der Waals surface area (Å²) in [5, 5.41) is 0. The van der Waals surface area contributed by atoms with Crippen LogP contribution in [0, 0.1) is 5.41 Å². The summed E-state index contributed by atoms with van der Waals surface area (Å²) >= 11 is 0. The molecule has 0 saturated carbocycles. The van der Waals surface area contributed by atoms with Gasteiger partial charge in [-0.2, -0.15) is 0 Å². The molecule has 0 aromatic heterocycles. The van der Waals surface area contributed by atoms with Gasteiger partial charge >= 0.3 is 0 Å². The van der Waals surface area contributed by atoms with Gasteiger partial charge in [0.15, 0.2) is 0 Å². The number of hydrogen-bond donors (Lipinski definition) is 0. The smallest absolute Gasteiger partial charge is 0.00673 e. The largest absolute Gasteiger partial charge is 0.0735 e. The highest BCUT2D eigenvalue weighted by molar-refractivity contribution is 5.23. The molecular weight excluding hydrogens is 192 g/mol. The van der Waals surface area contributed by atoms with Gasteiger partial charge in [0, 0.05) is 0 Å². The summed E-state index contributed by atoms with van der Waals surface area (Å²) in [5.74, 6) is 0. The van der Waals surface area contributed by atoms with Gasteiger partial charge in [-0.3, -0.25) is 0 Å². The van der Waals surface area contributed by atoms with E-state index in [0.29, 0.717) is 5.41 Å². The van der Waals surface area contributed by atoms with Crippen molar-refractivity contribution in [2.45, 2.75) is 47.5 Å². The van der Waals surface area contributed by atoms with Crippen molar-refractivity contribution >= 4 is 0 Å². The minimum atomic E-state index is 0.391. The van der Waals surface area contributed by atoms with Crippen LogP contribution in [-0.4, -0.2) is 0 Å². The second-order valence-corrected chi connectivity index (χ2v) is 5.96. The van der Waals surface area contributed by atoms with Crippen LogP contribution in [0.1, 0.15) is 46.6 Å². The van der Waals surface area contributed by atoms with Gasteiger partial charge in [-0.25, -0.2) is 0 Å². The van der Waals surface area contributed by atoms with Gasteiger partial charge in [0.25, 0.3) is 0 Å². The molecule has 1 aromatic rings. The normalized spacial score (nSPS) is 13.6. The lowest BCUT2D eigenvalue weighted by atomic mass is 9.86. The predicted octanol–water partition coefficient (Wildman–Crippen LogP) is 5.00. The maximum absolute atomic E-state index is 2.30. The first-order valence-electron chi connectivity index (χ1n) is 6.07. The zero-order valence-electron chi connectivity index (χ0n) is 11.3. The van der Waals surface area contributed by atoms with E-state index in [1.165, 1.54) is 23.1 Å². The van der Waals surface area contributed by atoms with Crippen molar-refractivity contribution < 1.29 is 0 Å². The van der Waals surface area contributed by atoms with Crippen LogP contribution < -0.4 is 0 Å². The Bertz CT molecular complexity index is 349. The van der Waals surface area contributed by atoms with E-state index in [9.17, 15) is 0 Å². The first-order chi connectivity index (χ1) is 7.38. The van der Waals surface area contributed by atoms with Crippen molar-refractivity contribution in [1.82, 2.24) is 0 Å². The third-order valence-electron chi connectivity index (χ3n) is 2.84. The molecule has 0 heterocycles. The van der Waals surface area contributed by atoms with Crippen LogP contribution in [0.5, 0.6) is 0 Å². The molecule has 0 bridgehead atoms. The van der Waals surface area contributed by atoms with Crippen molar-refractivity contribution in [3.63, 3.8) is 0 Å². The fraction of sp³-hybridized carbons (Fsp3) is 0.500. The van der Waals surface area contributed by atoms with Crippen molar-refractivity contribution in [2.24, 2.45) is 5.41 Å². The summed E-state index contributed by atoms with van der Waals surface area (Å²) < 4.78 is 0. The van der Waals surface area contributed by atoms with Crippen molar-refractivity contribution in [2.75, 3.05) is 0 Å². The molecule has 0 spiro atoms. The van der Waals surface area contributed by atoms with E-state index in [1.807, 2.05) is 0 Å². The summed E-state index contributed by atoms with van der Waals surface area (Å²) in [6, 6.07) is 10.7. The van der Waals surface area contributed by atoms with E-state index in [4.69, 9.17) is 0 Å². The zero-order chi connectivity index (χ0) is 12.2. The fourth-order valence-electron chi connectivity index (χ4n) is 2.00. The zero-order valence-corrected chi connectivity index (χ0v) is 11.3. The van der Waals surface area contributed by atoms with Crippen LogP contribution in [-0.2, 0) is 6.42 Å². The number of benzene rings is 1. The van der Waals surface area contributed by atoms with E-state index in [0.717, 1.165) is 6.42 Å². The molecule has 0 radical (unpaired) electrons. The molecular formula is C16H24. The minimum Gasteiger partial charge on any atom is -0.0735 e. The SMILES string of the molecule is C/C(Cc1ccccc1)=C(/C)CC(C)(C)C. The van der Waals surface area contributed by atoms with Crippen LogP contribution in [0.4, 0.5) is 0 Å². The average molecular weight is 216 g/mol. The lowest BCUT2D eigenvalue weighted by molar-refractivity contribution is 0.408. The van der Waals surface area contributed by atoms with Crippen molar-refractivity contribution in [3.8, 4) is 0 Å². The molecule has 16 heavy (non-hydrogen) atoms. The van der Waals surface area contributed by atoms with Crippen LogP contribution in [0.2, 0.25) is 0 Å². The van der Waals surface area contributed by atoms with Crippen LogP contribution >= 0.6 is 0 Å². The molecule has 88 valence electrons. The second kappa shape index (κ2) is 5.34. The predicted molar refractivity (Wildman–Crippen MR) is 72.6 cm³/mol. The van der Waals surface area contributed by atoms with Gasteiger partial charge in [0.2, 0.25) is 0 Å². The summed E-state index contributed by atoms with van der Waals surface area (Å²) in [7, 11) is 0. The molecule has 0 fully saturated rings. The number of hydrogen-bond acceptors (Lipinski definition) is 0. The van der Waals surface area contributed by atoms with E-state index in [-0.39, 0.29) is 0 Å². The second-order valence-electron chi connectivity index (χ2n) is 5.96. The Kier molecular flexibility index (Phi) is 4.35. The third kappa shape index (κ3) is 4.65. The molecule has 0 heteroatoms. The highest BCUT2D eigenvalue weighted by atomic mass is 14.2. The van der Waals surface area contributed by atoms with Gasteiger partial charge in [-0.1, -0.05) is 62.2 Å². The molecule has 0 atom stereocenters. The molecule has 0 aliphatic rings. The lowest BCUT2D eigenvalue weighted by Gasteiger charge is -2.20. The van der Waals surface area contributed by atoms with Crippen LogP contribution in [0.25, 0.3) is 0 Å². The lowest BCUT2D eigenvalue weighted by Crippen LogP contribution is -2.06. The van der Waals surface area contributed by atoms with Gasteiger partial charge in [-0.15, -0.1) is 0 Å².